The number of nitrogens with zero attached hydrogens (tertiary/aromatic N) is 1. The van der Waals surface area contributed by atoms with Crippen molar-refractivity contribution in [3.63, 3.8) is 0 Å². The highest BCUT2D eigenvalue weighted by Crippen LogP contribution is 2.39. The molecule has 0 saturated carbocycles. The Morgan fingerprint density at radius 2 is 1.96 bits per heavy atom. The third kappa shape index (κ3) is 3.18. The maximum atomic E-state index is 12.9. The summed E-state index contributed by atoms with van der Waals surface area (Å²) in [7, 11) is 0. The topological polar surface area (TPSA) is 60.0 Å². The van der Waals surface area contributed by atoms with Crippen LogP contribution >= 0.6 is 12.2 Å². The largest absolute Gasteiger partial charge is 0.463 e. The highest BCUT2D eigenvalue weighted by Gasteiger charge is 2.36. The lowest BCUT2D eigenvalue weighted by Gasteiger charge is -2.37. The molecule has 1 atom stereocenters. The van der Waals surface area contributed by atoms with Gasteiger partial charge < -0.3 is 19.5 Å². The van der Waals surface area contributed by atoms with E-state index in [2.05, 4.69) is 5.32 Å². The standard InChI is InChI=1S/C21H20N2O4S/c1-3-25-20(24)18-13(2)23(15-7-5-4-6-8-15)21(28)22-19(18)14-9-10-16-17(11-14)27-12-26-16/h4-11,19H,3,12H2,1-2H3,(H,22,28)/t19-/m1/s1. The van der Waals surface area contributed by atoms with Crippen LogP contribution in [-0.4, -0.2) is 24.5 Å². The fourth-order valence-corrected chi connectivity index (χ4v) is 3.81. The van der Waals surface area contributed by atoms with Gasteiger partial charge in [0.2, 0.25) is 6.79 Å². The van der Waals surface area contributed by atoms with E-state index in [0.29, 0.717) is 28.8 Å². The van der Waals surface area contributed by atoms with Crippen LogP contribution in [0.3, 0.4) is 0 Å². The van der Waals surface area contributed by atoms with Crippen molar-refractivity contribution in [2.75, 3.05) is 18.3 Å². The number of nitrogens with one attached hydrogen (secondary N) is 1. The molecule has 0 radical (unpaired) electrons. The van der Waals surface area contributed by atoms with Gasteiger partial charge in [-0.2, -0.15) is 0 Å². The quantitative estimate of drug-likeness (QED) is 0.625. The number of carbonyl (C=O) groups excluding carboxylic acids is 1. The number of para-hydroxylation sites is 1. The molecule has 0 spiro atoms. The molecule has 2 aromatic rings. The monoisotopic (exact) mass is 396 g/mol. The molecule has 1 N–H and O–H groups in total. The number of hydrogen-bond donors (Lipinski definition) is 1. The molecule has 2 aliphatic rings. The fourth-order valence-electron chi connectivity index (χ4n) is 3.45. The van der Waals surface area contributed by atoms with Gasteiger partial charge in [-0.3, -0.25) is 4.90 Å². The van der Waals surface area contributed by atoms with Crippen molar-refractivity contribution >= 4 is 29.0 Å². The van der Waals surface area contributed by atoms with Gasteiger partial charge in [-0.25, -0.2) is 4.79 Å². The van der Waals surface area contributed by atoms with E-state index < -0.39 is 6.04 Å². The number of carbonyl (C=O) groups is 1. The van der Waals surface area contributed by atoms with Crippen LogP contribution in [0.2, 0.25) is 0 Å². The summed E-state index contributed by atoms with van der Waals surface area (Å²) in [5, 5.41) is 3.81. The van der Waals surface area contributed by atoms with Crippen LogP contribution in [0.25, 0.3) is 0 Å². The summed E-state index contributed by atoms with van der Waals surface area (Å²) in [6.07, 6.45) is 0. The number of hydrogen-bond acceptors (Lipinski definition) is 5. The Kier molecular flexibility index (Phi) is 4.92. The second kappa shape index (κ2) is 7.52. The third-order valence-corrected chi connectivity index (χ3v) is 5.02. The van der Waals surface area contributed by atoms with Gasteiger partial charge in [0, 0.05) is 11.4 Å². The number of rotatable bonds is 4. The summed E-state index contributed by atoms with van der Waals surface area (Å²) in [6.45, 7) is 4.15. The van der Waals surface area contributed by atoms with Gasteiger partial charge in [0.15, 0.2) is 16.6 Å². The molecule has 0 saturated heterocycles. The molecule has 0 aliphatic carbocycles. The van der Waals surface area contributed by atoms with Crippen molar-refractivity contribution in [1.82, 2.24) is 5.32 Å². The van der Waals surface area contributed by atoms with Gasteiger partial charge >= 0.3 is 5.97 Å². The Morgan fingerprint density at radius 3 is 2.71 bits per heavy atom. The summed E-state index contributed by atoms with van der Waals surface area (Å²) in [4.78, 5) is 14.7. The summed E-state index contributed by atoms with van der Waals surface area (Å²) in [6, 6.07) is 14.8. The molecule has 0 aromatic heterocycles. The average molecular weight is 396 g/mol. The SMILES string of the molecule is CCOC(=O)C1=C(C)N(c2ccccc2)C(=S)N[C@@H]1c1ccc2c(c1)OCO2. The first-order chi connectivity index (χ1) is 13.6. The number of ether oxygens (including phenoxy) is 3. The van der Waals surface area contributed by atoms with Crippen molar-refractivity contribution in [2.24, 2.45) is 0 Å². The highest BCUT2D eigenvalue weighted by molar-refractivity contribution is 7.80. The van der Waals surface area contributed by atoms with E-state index in [9.17, 15) is 4.79 Å². The molecule has 28 heavy (non-hydrogen) atoms. The maximum absolute atomic E-state index is 12.9. The Hall–Kier alpha value is -3.06. The second-order valence-corrected chi connectivity index (χ2v) is 6.77. The van der Waals surface area contributed by atoms with E-state index in [4.69, 9.17) is 26.4 Å². The summed E-state index contributed by atoms with van der Waals surface area (Å²) < 4.78 is 16.2. The minimum absolute atomic E-state index is 0.191. The summed E-state index contributed by atoms with van der Waals surface area (Å²) in [5.41, 5.74) is 2.97. The van der Waals surface area contributed by atoms with E-state index in [0.717, 1.165) is 16.9 Å². The van der Waals surface area contributed by atoms with E-state index in [1.807, 2.05) is 60.4 Å². The summed E-state index contributed by atoms with van der Waals surface area (Å²) >= 11 is 5.64. The number of anilines is 1. The van der Waals surface area contributed by atoms with Crippen LogP contribution in [-0.2, 0) is 9.53 Å². The molecule has 0 amide bonds. The first-order valence-electron chi connectivity index (χ1n) is 9.03. The molecule has 7 heteroatoms. The lowest BCUT2D eigenvalue weighted by molar-refractivity contribution is -0.139. The normalized spacial score (nSPS) is 18.1. The number of allylic oxidation sites excluding steroid dienone is 1. The van der Waals surface area contributed by atoms with Crippen molar-refractivity contribution in [1.29, 1.82) is 0 Å². The highest BCUT2D eigenvalue weighted by atomic mass is 32.1. The zero-order valence-corrected chi connectivity index (χ0v) is 16.4. The van der Waals surface area contributed by atoms with Gasteiger partial charge in [0.1, 0.15) is 0 Å². The van der Waals surface area contributed by atoms with E-state index in [-0.39, 0.29) is 12.8 Å². The zero-order chi connectivity index (χ0) is 19.7. The molecule has 6 nitrogen and oxygen atoms in total. The van der Waals surface area contributed by atoms with Crippen LogP contribution in [0.15, 0.2) is 59.8 Å². The molecule has 0 bridgehead atoms. The summed E-state index contributed by atoms with van der Waals surface area (Å²) in [5.74, 6) is 0.960. The van der Waals surface area contributed by atoms with Gasteiger partial charge in [0.25, 0.3) is 0 Å². The number of esters is 1. The van der Waals surface area contributed by atoms with Gasteiger partial charge in [0.05, 0.1) is 18.2 Å². The second-order valence-electron chi connectivity index (χ2n) is 6.39. The van der Waals surface area contributed by atoms with Gasteiger partial charge in [-0.05, 0) is 55.9 Å². The Labute approximate surface area is 168 Å². The predicted molar refractivity (Wildman–Crippen MR) is 109 cm³/mol. The lowest BCUT2D eigenvalue weighted by atomic mass is 9.94. The Balaban J connectivity index is 1.81. The van der Waals surface area contributed by atoms with Crippen LogP contribution in [0.4, 0.5) is 5.69 Å². The molecule has 2 heterocycles. The molecular formula is C21H20N2O4S. The fraction of sp³-hybridized carbons (Fsp3) is 0.238. The Bertz CT molecular complexity index is 958. The van der Waals surface area contributed by atoms with Crippen molar-refractivity contribution in [3.05, 3.63) is 65.4 Å². The van der Waals surface area contributed by atoms with E-state index in [1.54, 1.807) is 6.92 Å². The number of fused-ring (bicyclic) bond motifs is 1. The third-order valence-electron chi connectivity index (χ3n) is 4.72. The van der Waals surface area contributed by atoms with Crippen LogP contribution in [0, 0.1) is 0 Å². The van der Waals surface area contributed by atoms with Crippen molar-refractivity contribution in [2.45, 2.75) is 19.9 Å². The molecule has 2 aliphatic heterocycles. The van der Waals surface area contributed by atoms with Crippen molar-refractivity contribution in [3.8, 4) is 11.5 Å². The lowest BCUT2D eigenvalue weighted by Crippen LogP contribution is -2.48. The first-order valence-corrected chi connectivity index (χ1v) is 9.44. The first kappa shape index (κ1) is 18.3. The van der Waals surface area contributed by atoms with Crippen LogP contribution in [0.5, 0.6) is 11.5 Å². The molecular weight excluding hydrogens is 376 g/mol. The molecule has 0 fully saturated rings. The van der Waals surface area contributed by atoms with Crippen LogP contribution in [0.1, 0.15) is 25.5 Å². The maximum Gasteiger partial charge on any atom is 0.338 e. The smallest absolute Gasteiger partial charge is 0.338 e. The van der Waals surface area contributed by atoms with E-state index in [1.165, 1.54) is 0 Å². The predicted octanol–water partition coefficient (Wildman–Crippen LogP) is 3.69. The van der Waals surface area contributed by atoms with Gasteiger partial charge in [-0.1, -0.05) is 24.3 Å². The van der Waals surface area contributed by atoms with Crippen LogP contribution < -0.4 is 19.7 Å². The molecule has 144 valence electrons. The number of thiocarbonyl (C=S) groups is 1. The molecule has 2 aromatic carbocycles. The molecule has 4 rings (SSSR count). The van der Waals surface area contributed by atoms with E-state index >= 15 is 0 Å². The average Bonchev–Trinajstić information content (AvgIpc) is 3.16. The zero-order valence-electron chi connectivity index (χ0n) is 15.6. The molecule has 0 unspecified atom stereocenters. The minimum atomic E-state index is -0.444. The van der Waals surface area contributed by atoms with Crippen molar-refractivity contribution < 1.29 is 19.0 Å². The Morgan fingerprint density at radius 1 is 1.21 bits per heavy atom. The number of benzene rings is 2. The van der Waals surface area contributed by atoms with Gasteiger partial charge in [-0.15, -0.1) is 0 Å². The minimum Gasteiger partial charge on any atom is -0.463 e.